The van der Waals surface area contributed by atoms with Gasteiger partial charge in [0.1, 0.15) is 11.6 Å². The van der Waals surface area contributed by atoms with Crippen LogP contribution in [0, 0.1) is 5.82 Å². The third kappa shape index (κ3) is 2.92. The molecule has 2 aromatic rings. The van der Waals surface area contributed by atoms with Crippen LogP contribution in [-0.4, -0.2) is 26.5 Å². The number of hydrogen-bond acceptors (Lipinski definition) is 3. The number of hydrogen-bond donors (Lipinski definition) is 1. The van der Waals surface area contributed by atoms with Crippen LogP contribution in [0.5, 0.6) is 0 Å². The number of benzene rings is 1. The summed E-state index contributed by atoms with van der Waals surface area (Å²) in [4.78, 5) is 4.35. The van der Waals surface area contributed by atoms with Crippen LogP contribution in [0.15, 0.2) is 24.3 Å². The molecule has 1 N–H and O–H groups in total. The predicted molar refractivity (Wildman–Crippen MR) is 65.7 cm³/mol. The van der Waals surface area contributed by atoms with Gasteiger partial charge in [-0.1, -0.05) is 19.1 Å². The molecule has 0 aliphatic heterocycles. The van der Waals surface area contributed by atoms with Crippen LogP contribution in [0.3, 0.4) is 0 Å². The summed E-state index contributed by atoms with van der Waals surface area (Å²) in [5, 5.41) is 13.4. The summed E-state index contributed by atoms with van der Waals surface area (Å²) < 4.78 is 14.6. The van der Waals surface area contributed by atoms with Gasteiger partial charge in [0.05, 0.1) is 13.2 Å². The lowest BCUT2D eigenvalue weighted by atomic mass is 10.2. The van der Waals surface area contributed by atoms with Crippen molar-refractivity contribution in [3.05, 3.63) is 47.3 Å². The van der Waals surface area contributed by atoms with Crippen molar-refractivity contribution in [1.29, 1.82) is 0 Å². The van der Waals surface area contributed by atoms with Gasteiger partial charge in [-0.3, -0.25) is 0 Å². The van der Waals surface area contributed by atoms with Crippen molar-refractivity contribution in [2.75, 3.05) is 6.61 Å². The van der Waals surface area contributed by atoms with E-state index in [1.54, 1.807) is 16.8 Å². The lowest BCUT2D eigenvalue weighted by molar-refractivity contribution is 0.294. The molecule has 18 heavy (non-hydrogen) atoms. The van der Waals surface area contributed by atoms with Crippen LogP contribution in [0.1, 0.15) is 24.1 Å². The highest BCUT2D eigenvalue weighted by Gasteiger charge is 2.08. The van der Waals surface area contributed by atoms with E-state index in [1.807, 2.05) is 6.92 Å². The number of rotatable bonds is 5. The molecule has 2 rings (SSSR count). The van der Waals surface area contributed by atoms with E-state index in [-0.39, 0.29) is 12.4 Å². The monoisotopic (exact) mass is 249 g/mol. The smallest absolute Gasteiger partial charge is 0.150 e. The van der Waals surface area contributed by atoms with Crippen molar-refractivity contribution >= 4 is 0 Å². The lowest BCUT2D eigenvalue weighted by Gasteiger charge is -2.05. The zero-order chi connectivity index (χ0) is 13.0. The van der Waals surface area contributed by atoms with Crippen molar-refractivity contribution in [2.45, 2.75) is 26.3 Å². The third-order valence-corrected chi connectivity index (χ3v) is 2.69. The van der Waals surface area contributed by atoms with Crippen molar-refractivity contribution in [2.24, 2.45) is 0 Å². The second-order valence-corrected chi connectivity index (χ2v) is 4.06. The van der Waals surface area contributed by atoms with Crippen LogP contribution < -0.4 is 0 Å². The van der Waals surface area contributed by atoms with Crippen molar-refractivity contribution in [3.63, 3.8) is 0 Å². The van der Waals surface area contributed by atoms with Gasteiger partial charge in [0.15, 0.2) is 5.82 Å². The summed E-state index contributed by atoms with van der Waals surface area (Å²) in [6.45, 7) is 2.58. The molecule has 5 heteroatoms. The molecule has 1 aromatic carbocycles. The first-order valence-corrected chi connectivity index (χ1v) is 6.00. The van der Waals surface area contributed by atoms with Crippen LogP contribution in [-0.2, 0) is 19.4 Å². The second kappa shape index (κ2) is 5.73. The van der Waals surface area contributed by atoms with Crippen LogP contribution in [0.25, 0.3) is 0 Å². The third-order valence-electron chi connectivity index (χ3n) is 2.69. The summed E-state index contributed by atoms with van der Waals surface area (Å²) in [7, 11) is 0. The quantitative estimate of drug-likeness (QED) is 0.875. The van der Waals surface area contributed by atoms with E-state index in [1.165, 1.54) is 12.1 Å². The van der Waals surface area contributed by atoms with Gasteiger partial charge < -0.3 is 5.11 Å². The second-order valence-electron chi connectivity index (χ2n) is 4.06. The summed E-state index contributed by atoms with van der Waals surface area (Å²) in [6, 6.07) is 6.31. The van der Waals surface area contributed by atoms with Gasteiger partial charge in [0, 0.05) is 12.8 Å². The van der Waals surface area contributed by atoms with Gasteiger partial charge in [-0.05, 0) is 17.7 Å². The minimum atomic E-state index is -0.248. The largest absolute Gasteiger partial charge is 0.396 e. The Labute approximate surface area is 105 Å². The Balaban J connectivity index is 2.21. The zero-order valence-corrected chi connectivity index (χ0v) is 10.3. The Hall–Kier alpha value is -1.75. The summed E-state index contributed by atoms with van der Waals surface area (Å²) in [5.41, 5.74) is 0.961. The summed E-state index contributed by atoms with van der Waals surface area (Å²) in [5.74, 6) is 1.28. The lowest BCUT2D eigenvalue weighted by Crippen LogP contribution is -2.08. The van der Waals surface area contributed by atoms with Crippen LogP contribution in [0.4, 0.5) is 4.39 Å². The topological polar surface area (TPSA) is 50.9 Å². The standard InChI is InChI=1S/C13H16FN3O/c1-2-12-15-13(7-8-18)17(16-12)9-10-3-5-11(14)6-4-10/h3-6,18H,2,7-9H2,1H3. The molecule has 1 heterocycles. The zero-order valence-electron chi connectivity index (χ0n) is 10.3. The SMILES string of the molecule is CCc1nc(CCO)n(Cc2ccc(F)cc2)n1. The summed E-state index contributed by atoms with van der Waals surface area (Å²) in [6.07, 6.45) is 1.24. The Morgan fingerprint density at radius 1 is 1.28 bits per heavy atom. The Kier molecular flexibility index (Phi) is 4.04. The molecule has 0 aliphatic rings. The fourth-order valence-electron chi connectivity index (χ4n) is 1.75. The number of halogens is 1. The Morgan fingerprint density at radius 2 is 2.00 bits per heavy atom. The van der Waals surface area contributed by atoms with Gasteiger partial charge in [-0.25, -0.2) is 14.1 Å². The van der Waals surface area contributed by atoms with Crippen molar-refractivity contribution in [3.8, 4) is 0 Å². The van der Waals surface area contributed by atoms with Gasteiger partial charge >= 0.3 is 0 Å². The van der Waals surface area contributed by atoms with E-state index in [0.29, 0.717) is 13.0 Å². The molecule has 1 aromatic heterocycles. The molecule has 0 saturated carbocycles. The molecule has 0 spiro atoms. The first-order chi connectivity index (χ1) is 8.72. The normalized spacial score (nSPS) is 10.8. The highest BCUT2D eigenvalue weighted by atomic mass is 19.1. The highest BCUT2D eigenvalue weighted by molar-refractivity contribution is 5.16. The van der Waals surface area contributed by atoms with Gasteiger partial charge in [0.25, 0.3) is 0 Å². The van der Waals surface area contributed by atoms with Gasteiger partial charge in [0.2, 0.25) is 0 Å². The van der Waals surface area contributed by atoms with E-state index < -0.39 is 0 Å². The molecule has 4 nitrogen and oxygen atoms in total. The average molecular weight is 249 g/mol. The maximum Gasteiger partial charge on any atom is 0.150 e. The number of aromatic nitrogens is 3. The average Bonchev–Trinajstić information content (AvgIpc) is 2.75. The molecular formula is C13H16FN3O. The van der Waals surface area contributed by atoms with Crippen molar-refractivity contribution in [1.82, 2.24) is 14.8 Å². The number of aliphatic hydroxyl groups is 1. The minimum Gasteiger partial charge on any atom is -0.396 e. The van der Waals surface area contributed by atoms with Crippen LogP contribution >= 0.6 is 0 Å². The summed E-state index contributed by atoms with van der Waals surface area (Å²) >= 11 is 0. The molecule has 0 amide bonds. The number of nitrogens with zero attached hydrogens (tertiary/aromatic N) is 3. The van der Waals surface area contributed by atoms with Crippen molar-refractivity contribution < 1.29 is 9.50 Å². The fourth-order valence-corrected chi connectivity index (χ4v) is 1.75. The molecule has 0 fully saturated rings. The van der Waals surface area contributed by atoms with E-state index in [0.717, 1.165) is 23.6 Å². The first kappa shape index (κ1) is 12.7. The molecule has 0 bridgehead atoms. The first-order valence-electron chi connectivity index (χ1n) is 6.00. The maximum absolute atomic E-state index is 12.8. The molecule has 0 atom stereocenters. The van der Waals surface area contributed by atoms with Gasteiger partial charge in [-0.15, -0.1) is 0 Å². The van der Waals surface area contributed by atoms with E-state index in [9.17, 15) is 4.39 Å². The Bertz CT molecular complexity index is 507. The minimum absolute atomic E-state index is 0.0469. The molecule has 0 unspecified atom stereocenters. The van der Waals surface area contributed by atoms with E-state index >= 15 is 0 Å². The predicted octanol–water partition coefficient (Wildman–Crippen LogP) is 1.56. The van der Waals surface area contributed by atoms with E-state index in [4.69, 9.17) is 5.11 Å². The molecule has 0 saturated heterocycles. The van der Waals surface area contributed by atoms with E-state index in [2.05, 4.69) is 10.1 Å². The van der Waals surface area contributed by atoms with Crippen LogP contribution in [0.2, 0.25) is 0 Å². The Morgan fingerprint density at radius 3 is 2.61 bits per heavy atom. The highest BCUT2D eigenvalue weighted by Crippen LogP contribution is 2.08. The number of aliphatic hydroxyl groups excluding tert-OH is 1. The van der Waals surface area contributed by atoms with Gasteiger partial charge in [-0.2, -0.15) is 5.10 Å². The molecule has 0 aliphatic carbocycles. The molecular weight excluding hydrogens is 233 g/mol. The maximum atomic E-state index is 12.8. The molecule has 96 valence electrons. The molecule has 0 radical (unpaired) electrons. The number of aryl methyl sites for hydroxylation is 1. The fraction of sp³-hybridized carbons (Fsp3) is 0.385.